The summed E-state index contributed by atoms with van der Waals surface area (Å²) < 4.78 is 15.2. The zero-order chi connectivity index (χ0) is 16.4. The maximum absolute atomic E-state index is 13.5. The summed E-state index contributed by atoms with van der Waals surface area (Å²) in [4.78, 5) is 12.3. The second kappa shape index (κ2) is 6.04. The molecule has 4 rings (SSSR count). The van der Waals surface area contributed by atoms with Crippen LogP contribution in [0.25, 0.3) is 16.6 Å². The number of rotatable bonds is 4. The summed E-state index contributed by atoms with van der Waals surface area (Å²) >= 11 is 0. The van der Waals surface area contributed by atoms with Crippen molar-refractivity contribution in [3.63, 3.8) is 0 Å². The van der Waals surface area contributed by atoms with Gasteiger partial charge in [-0.05, 0) is 35.9 Å². The first-order chi connectivity index (χ1) is 11.8. The van der Waals surface area contributed by atoms with E-state index in [4.69, 9.17) is 0 Å². The van der Waals surface area contributed by atoms with Gasteiger partial charge in [-0.25, -0.2) is 24.0 Å². The molecule has 0 fully saturated rings. The van der Waals surface area contributed by atoms with Crippen LogP contribution in [-0.2, 0) is 6.54 Å². The molecule has 118 valence electrons. The van der Waals surface area contributed by atoms with Crippen LogP contribution in [0.5, 0.6) is 0 Å². The van der Waals surface area contributed by atoms with E-state index in [1.54, 1.807) is 17.1 Å². The maximum Gasteiger partial charge on any atom is 0.138 e. The third-order valence-corrected chi connectivity index (χ3v) is 3.68. The highest BCUT2D eigenvalue weighted by Gasteiger charge is 2.05. The molecule has 0 atom stereocenters. The van der Waals surface area contributed by atoms with Crippen molar-refractivity contribution in [1.29, 1.82) is 0 Å². The van der Waals surface area contributed by atoms with Crippen LogP contribution in [0.15, 0.2) is 61.4 Å². The molecule has 0 spiro atoms. The van der Waals surface area contributed by atoms with Gasteiger partial charge in [-0.3, -0.25) is 0 Å². The second-order valence-corrected chi connectivity index (χ2v) is 5.24. The fraction of sp³-hybridized carbons (Fsp3) is 0.0588. The summed E-state index contributed by atoms with van der Waals surface area (Å²) in [5.74, 6) is 0.303. The number of aromatic nitrogens is 5. The molecule has 4 aromatic rings. The zero-order valence-electron chi connectivity index (χ0n) is 12.6. The third kappa shape index (κ3) is 2.79. The predicted molar refractivity (Wildman–Crippen MR) is 88.2 cm³/mol. The molecule has 0 radical (unpaired) electrons. The van der Waals surface area contributed by atoms with Gasteiger partial charge in [0.1, 0.15) is 30.6 Å². The van der Waals surface area contributed by atoms with Crippen molar-refractivity contribution in [3.8, 4) is 5.69 Å². The molecule has 0 saturated heterocycles. The van der Waals surface area contributed by atoms with E-state index < -0.39 is 0 Å². The van der Waals surface area contributed by atoms with Crippen LogP contribution in [0, 0.1) is 5.82 Å². The van der Waals surface area contributed by atoms with Gasteiger partial charge in [-0.2, -0.15) is 5.10 Å². The van der Waals surface area contributed by atoms with Gasteiger partial charge in [0.25, 0.3) is 0 Å². The molecule has 1 N–H and O–H groups in total. The van der Waals surface area contributed by atoms with Gasteiger partial charge in [0.05, 0.1) is 11.2 Å². The summed E-state index contributed by atoms with van der Waals surface area (Å²) in [6, 6.07) is 12.4. The van der Waals surface area contributed by atoms with Crippen molar-refractivity contribution in [2.24, 2.45) is 0 Å². The molecule has 7 heteroatoms. The van der Waals surface area contributed by atoms with Crippen molar-refractivity contribution in [2.75, 3.05) is 5.32 Å². The Balaban J connectivity index is 1.54. The van der Waals surface area contributed by atoms with Crippen LogP contribution in [0.4, 0.5) is 10.2 Å². The molecule has 0 aliphatic carbocycles. The average Bonchev–Trinajstić information content (AvgIpc) is 3.15. The Bertz CT molecular complexity index is 966. The number of halogens is 1. The van der Waals surface area contributed by atoms with Crippen LogP contribution in [0.1, 0.15) is 5.56 Å². The molecule has 2 heterocycles. The van der Waals surface area contributed by atoms with Crippen LogP contribution in [-0.4, -0.2) is 24.7 Å². The molecule has 0 saturated carbocycles. The SMILES string of the molecule is Fc1ccc2ncnc(NCc3ccc(-n4cncn4)cc3)c2c1. The van der Waals surface area contributed by atoms with Crippen LogP contribution in [0.2, 0.25) is 0 Å². The fourth-order valence-electron chi connectivity index (χ4n) is 2.46. The van der Waals surface area contributed by atoms with E-state index in [0.29, 0.717) is 23.3 Å². The van der Waals surface area contributed by atoms with Crippen LogP contribution >= 0.6 is 0 Å². The minimum Gasteiger partial charge on any atom is -0.365 e. The Morgan fingerprint density at radius 1 is 1.00 bits per heavy atom. The number of fused-ring (bicyclic) bond motifs is 1. The van der Waals surface area contributed by atoms with Gasteiger partial charge in [0.15, 0.2) is 0 Å². The Morgan fingerprint density at radius 2 is 1.88 bits per heavy atom. The van der Waals surface area contributed by atoms with E-state index >= 15 is 0 Å². The number of nitrogens with one attached hydrogen (secondary N) is 1. The summed E-state index contributed by atoms with van der Waals surface area (Å²) in [6.07, 6.45) is 4.61. The molecule has 0 aliphatic heterocycles. The largest absolute Gasteiger partial charge is 0.365 e. The lowest BCUT2D eigenvalue weighted by Crippen LogP contribution is -2.03. The predicted octanol–water partition coefficient (Wildman–Crippen LogP) is 2.96. The fourth-order valence-corrected chi connectivity index (χ4v) is 2.46. The quantitative estimate of drug-likeness (QED) is 0.626. The van der Waals surface area contributed by atoms with Crippen molar-refractivity contribution >= 4 is 16.7 Å². The molecule has 0 bridgehead atoms. The summed E-state index contributed by atoms with van der Waals surface area (Å²) in [6.45, 7) is 0.570. The topological polar surface area (TPSA) is 68.5 Å². The highest BCUT2D eigenvalue weighted by Crippen LogP contribution is 2.20. The summed E-state index contributed by atoms with van der Waals surface area (Å²) in [5.41, 5.74) is 2.71. The minimum atomic E-state index is -0.308. The Labute approximate surface area is 137 Å². The number of hydrogen-bond acceptors (Lipinski definition) is 5. The van der Waals surface area contributed by atoms with Crippen LogP contribution < -0.4 is 5.32 Å². The number of anilines is 1. The van der Waals surface area contributed by atoms with Gasteiger partial charge in [-0.15, -0.1) is 0 Å². The lowest BCUT2D eigenvalue weighted by Gasteiger charge is -2.09. The molecule has 24 heavy (non-hydrogen) atoms. The molecule has 2 aromatic carbocycles. The minimum absolute atomic E-state index is 0.308. The highest BCUT2D eigenvalue weighted by molar-refractivity contribution is 5.88. The standard InChI is InChI=1S/C17H13FN6/c18-13-3-6-16-15(7-13)17(22-10-21-16)20-8-12-1-4-14(5-2-12)24-11-19-9-23-24/h1-7,9-11H,8H2,(H,20,21,22). The lowest BCUT2D eigenvalue weighted by atomic mass is 10.2. The maximum atomic E-state index is 13.5. The lowest BCUT2D eigenvalue weighted by molar-refractivity contribution is 0.629. The van der Waals surface area contributed by atoms with Gasteiger partial charge in [0.2, 0.25) is 0 Å². The first kappa shape index (κ1) is 14.3. The Hall–Kier alpha value is -3.35. The van der Waals surface area contributed by atoms with Gasteiger partial charge < -0.3 is 5.32 Å². The third-order valence-electron chi connectivity index (χ3n) is 3.68. The molecular weight excluding hydrogens is 307 g/mol. The Morgan fingerprint density at radius 3 is 2.67 bits per heavy atom. The summed E-state index contributed by atoms with van der Waals surface area (Å²) in [7, 11) is 0. The number of hydrogen-bond donors (Lipinski definition) is 1. The first-order valence-electron chi connectivity index (χ1n) is 7.38. The number of benzene rings is 2. The van der Waals surface area contributed by atoms with Gasteiger partial charge >= 0.3 is 0 Å². The van der Waals surface area contributed by atoms with Crippen molar-refractivity contribution in [2.45, 2.75) is 6.54 Å². The molecular formula is C17H13FN6. The molecule has 0 amide bonds. The molecule has 6 nitrogen and oxygen atoms in total. The second-order valence-electron chi connectivity index (χ2n) is 5.24. The molecule has 0 aliphatic rings. The van der Waals surface area contributed by atoms with Crippen molar-refractivity contribution < 1.29 is 4.39 Å². The van der Waals surface area contributed by atoms with Gasteiger partial charge in [0, 0.05) is 11.9 Å². The van der Waals surface area contributed by atoms with E-state index in [9.17, 15) is 4.39 Å². The normalized spacial score (nSPS) is 10.9. The van der Waals surface area contributed by atoms with E-state index in [1.807, 2.05) is 24.3 Å². The first-order valence-corrected chi connectivity index (χ1v) is 7.38. The average molecular weight is 320 g/mol. The van der Waals surface area contributed by atoms with Crippen molar-refractivity contribution in [1.82, 2.24) is 24.7 Å². The van der Waals surface area contributed by atoms with E-state index in [2.05, 4.69) is 25.4 Å². The smallest absolute Gasteiger partial charge is 0.138 e. The number of nitrogens with zero attached hydrogens (tertiary/aromatic N) is 5. The zero-order valence-corrected chi connectivity index (χ0v) is 12.6. The van der Waals surface area contributed by atoms with Crippen molar-refractivity contribution in [3.05, 3.63) is 72.8 Å². The van der Waals surface area contributed by atoms with E-state index in [1.165, 1.54) is 24.8 Å². The van der Waals surface area contributed by atoms with E-state index in [0.717, 1.165) is 11.3 Å². The van der Waals surface area contributed by atoms with E-state index in [-0.39, 0.29) is 5.82 Å². The molecule has 0 unspecified atom stereocenters. The summed E-state index contributed by atoms with van der Waals surface area (Å²) in [5, 5.41) is 7.99. The Kier molecular flexibility index (Phi) is 3.59. The molecule has 2 aromatic heterocycles. The highest BCUT2D eigenvalue weighted by atomic mass is 19.1. The van der Waals surface area contributed by atoms with Gasteiger partial charge in [-0.1, -0.05) is 12.1 Å². The monoisotopic (exact) mass is 320 g/mol. The van der Waals surface area contributed by atoms with Crippen LogP contribution in [0.3, 0.4) is 0 Å².